The van der Waals surface area contributed by atoms with Gasteiger partial charge in [0.05, 0.1) is 22.3 Å². The van der Waals surface area contributed by atoms with Gasteiger partial charge in [0, 0.05) is 11.1 Å². The Labute approximate surface area is 155 Å². The molecule has 0 saturated carbocycles. The highest BCUT2D eigenvalue weighted by Gasteiger charge is 2.22. The van der Waals surface area contributed by atoms with Crippen LogP contribution in [-0.4, -0.2) is 32.2 Å². The van der Waals surface area contributed by atoms with Gasteiger partial charge in [0.1, 0.15) is 16.6 Å². The summed E-state index contributed by atoms with van der Waals surface area (Å²) in [5.74, 6) is -1.65. The van der Waals surface area contributed by atoms with E-state index in [4.69, 9.17) is 16.3 Å². The van der Waals surface area contributed by atoms with E-state index in [1.54, 1.807) is 18.2 Å². The first kappa shape index (κ1) is 17.7. The Bertz CT molecular complexity index is 1020. The van der Waals surface area contributed by atoms with Crippen LogP contribution in [0.1, 0.15) is 10.4 Å². The van der Waals surface area contributed by atoms with Gasteiger partial charge in [-0.1, -0.05) is 17.7 Å². The molecule has 0 fully saturated rings. The maximum Gasteiger partial charge on any atom is 0.345 e. The Hall–Kier alpha value is -3.11. The molecule has 132 valence electrons. The Morgan fingerprint density at radius 3 is 2.85 bits per heavy atom. The lowest BCUT2D eigenvalue weighted by Crippen LogP contribution is -2.21. The summed E-state index contributed by atoms with van der Waals surface area (Å²) < 4.78 is 13.0. The molecule has 1 aromatic heterocycles. The van der Waals surface area contributed by atoms with Gasteiger partial charge in [0.25, 0.3) is 11.6 Å². The number of nitro benzene ring substituents is 1. The summed E-state index contributed by atoms with van der Waals surface area (Å²) in [5.41, 5.74) is 0.771. The second-order valence-corrected chi connectivity index (χ2v) is 5.95. The average Bonchev–Trinajstić information content (AvgIpc) is 3.09. The lowest BCUT2D eigenvalue weighted by molar-refractivity contribution is -0.385. The largest absolute Gasteiger partial charge is 0.452 e. The fourth-order valence-electron chi connectivity index (χ4n) is 2.13. The van der Waals surface area contributed by atoms with Crippen LogP contribution in [0.3, 0.4) is 0 Å². The lowest BCUT2D eigenvalue weighted by atomic mass is 10.2. The first-order valence-electron chi connectivity index (χ1n) is 7.08. The van der Waals surface area contributed by atoms with Crippen LogP contribution < -0.4 is 5.32 Å². The highest BCUT2D eigenvalue weighted by molar-refractivity contribution is 7.00. The first-order valence-corrected chi connectivity index (χ1v) is 8.19. The number of amides is 1. The Kier molecular flexibility index (Phi) is 5.05. The van der Waals surface area contributed by atoms with Crippen LogP contribution in [0.2, 0.25) is 5.02 Å². The van der Waals surface area contributed by atoms with E-state index in [1.165, 1.54) is 6.07 Å². The van der Waals surface area contributed by atoms with Crippen LogP contribution in [0.25, 0.3) is 11.0 Å². The van der Waals surface area contributed by atoms with E-state index in [2.05, 4.69) is 14.1 Å². The minimum Gasteiger partial charge on any atom is -0.452 e. The molecule has 0 spiro atoms. The van der Waals surface area contributed by atoms with E-state index in [0.29, 0.717) is 16.7 Å². The Balaban J connectivity index is 1.68. The molecule has 0 radical (unpaired) electrons. The van der Waals surface area contributed by atoms with Crippen LogP contribution >= 0.6 is 23.3 Å². The molecule has 9 nitrogen and oxygen atoms in total. The van der Waals surface area contributed by atoms with Gasteiger partial charge >= 0.3 is 5.97 Å². The van der Waals surface area contributed by atoms with Gasteiger partial charge in [-0.05, 0) is 24.3 Å². The fraction of sp³-hybridized carbons (Fsp3) is 0.0667. The predicted molar refractivity (Wildman–Crippen MR) is 94.4 cm³/mol. The molecule has 2 aromatic carbocycles. The second-order valence-electron chi connectivity index (χ2n) is 4.98. The molecule has 0 aliphatic carbocycles. The number of benzene rings is 2. The van der Waals surface area contributed by atoms with Crippen molar-refractivity contribution < 1.29 is 19.2 Å². The molecule has 0 atom stereocenters. The molecule has 1 heterocycles. The van der Waals surface area contributed by atoms with Gasteiger partial charge in [-0.25, -0.2) is 4.79 Å². The third-order valence-corrected chi connectivity index (χ3v) is 4.05. The summed E-state index contributed by atoms with van der Waals surface area (Å²) in [6.45, 7) is -0.629. The number of hydrogen-bond acceptors (Lipinski definition) is 8. The summed E-state index contributed by atoms with van der Waals surface area (Å²) in [7, 11) is 0. The highest BCUT2D eigenvalue weighted by atomic mass is 35.5. The van der Waals surface area contributed by atoms with E-state index in [0.717, 1.165) is 23.9 Å². The van der Waals surface area contributed by atoms with Crippen molar-refractivity contribution >= 4 is 57.6 Å². The van der Waals surface area contributed by atoms with Crippen molar-refractivity contribution in [2.24, 2.45) is 0 Å². The minimum atomic E-state index is -1.03. The van der Waals surface area contributed by atoms with Gasteiger partial charge in [0.15, 0.2) is 6.61 Å². The number of carbonyl (C=O) groups excluding carboxylic acids is 2. The number of nitrogens with one attached hydrogen (secondary N) is 1. The van der Waals surface area contributed by atoms with Crippen molar-refractivity contribution in [2.75, 3.05) is 11.9 Å². The van der Waals surface area contributed by atoms with Crippen molar-refractivity contribution in [2.45, 2.75) is 0 Å². The SMILES string of the molecule is O=C(COC(=O)c1cc(Cl)ccc1[N+](=O)[O-])Nc1cccc2nsnc12. The number of rotatable bonds is 5. The van der Waals surface area contributed by atoms with Crippen molar-refractivity contribution in [1.29, 1.82) is 0 Å². The molecular formula is C15H9ClN4O5S. The molecule has 0 bridgehead atoms. The number of nitrogens with zero attached hydrogens (tertiary/aromatic N) is 3. The zero-order chi connectivity index (χ0) is 18.7. The predicted octanol–water partition coefficient (Wildman–Crippen LogP) is 3.05. The van der Waals surface area contributed by atoms with Crippen molar-refractivity contribution in [1.82, 2.24) is 8.75 Å². The number of esters is 1. The average molecular weight is 393 g/mol. The zero-order valence-electron chi connectivity index (χ0n) is 12.8. The molecule has 3 rings (SSSR count). The summed E-state index contributed by atoms with van der Waals surface area (Å²) >= 11 is 6.76. The molecule has 3 aromatic rings. The van der Waals surface area contributed by atoms with Crippen LogP contribution in [-0.2, 0) is 9.53 Å². The second kappa shape index (κ2) is 7.42. The molecule has 26 heavy (non-hydrogen) atoms. The first-order chi connectivity index (χ1) is 12.5. The molecule has 1 amide bonds. The van der Waals surface area contributed by atoms with Gasteiger partial charge in [-0.15, -0.1) is 0 Å². The summed E-state index contributed by atoms with van der Waals surface area (Å²) in [6, 6.07) is 8.56. The maximum atomic E-state index is 12.1. The van der Waals surface area contributed by atoms with E-state index >= 15 is 0 Å². The van der Waals surface area contributed by atoms with Gasteiger partial charge in [-0.2, -0.15) is 8.75 Å². The molecule has 0 aliphatic heterocycles. The van der Waals surface area contributed by atoms with E-state index < -0.39 is 29.1 Å². The Morgan fingerprint density at radius 2 is 2.08 bits per heavy atom. The monoisotopic (exact) mass is 392 g/mol. The van der Waals surface area contributed by atoms with Crippen LogP contribution in [0, 0.1) is 10.1 Å². The minimum absolute atomic E-state index is 0.134. The third kappa shape index (κ3) is 3.76. The quantitative estimate of drug-likeness (QED) is 0.402. The van der Waals surface area contributed by atoms with Crippen LogP contribution in [0.15, 0.2) is 36.4 Å². The van der Waals surface area contributed by atoms with Crippen molar-refractivity contribution in [3.63, 3.8) is 0 Å². The molecular weight excluding hydrogens is 384 g/mol. The molecule has 0 unspecified atom stereocenters. The number of nitro groups is 1. The number of anilines is 1. The number of fused-ring (bicyclic) bond motifs is 1. The van der Waals surface area contributed by atoms with Crippen molar-refractivity contribution in [3.8, 4) is 0 Å². The number of aromatic nitrogens is 2. The van der Waals surface area contributed by atoms with E-state index in [-0.39, 0.29) is 10.6 Å². The molecule has 11 heteroatoms. The smallest absolute Gasteiger partial charge is 0.345 e. The van der Waals surface area contributed by atoms with Gasteiger partial charge < -0.3 is 10.1 Å². The number of ether oxygens (including phenoxy) is 1. The summed E-state index contributed by atoms with van der Waals surface area (Å²) in [5, 5.41) is 13.7. The van der Waals surface area contributed by atoms with Crippen LogP contribution in [0.5, 0.6) is 0 Å². The Morgan fingerprint density at radius 1 is 1.27 bits per heavy atom. The topological polar surface area (TPSA) is 124 Å². The van der Waals surface area contributed by atoms with Gasteiger partial charge in [-0.3, -0.25) is 14.9 Å². The lowest BCUT2D eigenvalue weighted by Gasteiger charge is -2.07. The number of hydrogen-bond donors (Lipinski definition) is 1. The molecule has 1 N–H and O–H groups in total. The third-order valence-electron chi connectivity index (χ3n) is 3.27. The van der Waals surface area contributed by atoms with Gasteiger partial charge in [0.2, 0.25) is 0 Å². The van der Waals surface area contributed by atoms with E-state index in [9.17, 15) is 19.7 Å². The van der Waals surface area contributed by atoms with Crippen LogP contribution in [0.4, 0.5) is 11.4 Å². The standard InChI is InChI=1S/C15H9ClN4O5S/c16-8-4-5-12(20(23)24)9(6-8)15(22)25-7-13(21)17-10-2-1-3-11-14(10)19-26-18-11/h1-6H,7H2,(H,17,21). The highest BCUT2D eigenvalue weighted by Crippen LogP contribution is 2.24. The normalized spacial score (nSPS) is 10.5. The van der Waals surface area contributed by atoms with Crippen molar-refractivity contribution in [3.05, 3.63) is 57.1 Å². The molecule has 0 aliphatic rings. The zero-order valence-corrected chi connectivity index (χ0v) is 14.4. The van der Waals surface area contributed by atoms with E-state index in [1.807, 2.05) is 0 Å². The number of halogens is 1. The molecule has 0 saturated heterocycles. The number of carbonyl (C=O) groups is 2. The summed E-state index contributed by atoms with van der Waals surface area (Å²) in [6.07, 6.45) is 0. The fourth-order valence-corrected chi connectivity index (χ4v) is 2.85. The maximum absolute atomic E-state index is 12.1. The summed E-state index contributed by atoms with van der Waals surface area (Å²) in [4.78, 5) is 34.3.